The van der Waals surface area contributed by atoms with Crippen LogP contribution in [0, 0.1) is 23.7 Å². The monoisotopic (exact) mass is 186 g/mol. The van der Waals surface area contributed by atoms with E-state index in [0.29, 0.717) is 0 Å². The number of aliphatic hydroxyl groups excluding tert-OH is 1. The fourth-order valence-electron chi connectivity index (χ4n) is 1.90. The second kappa shape index (κ2) is 4.36. The molecule has 1 N–H and O–H groups in total. The summed E-state index contributed by atoms with van der Waals surface area (Å²) in [5.74, 6) is 12.3. The third-order valence-electron chi connectivity index (χ3n) is 2.67. The van der Waals surface area contributed by atoms with Gasteiger partial charge in [-0.1, -0.05) is 17.8 Å². The van der Waals surface area contributed by atoms with Gasteiger partial charge in [-0.3, -0.25) is 0 Å². The minimum atomic E-state index is -0.556. The Hall–Kier alpha value is -1.18. The summed E-state index contributed by atoms with van der Waals surface area (Å²) in [7, 11) is 0. The van der Waals surface area contributed by atoms with Crippen molar-refractivity contribution in [3.05, 3.63) is 11.1 Å². The molecule has 0 radical (unpaired) electrons. The summed E-state index contributed by atoms with van der Waals surface area (Å²) in [6.45, 7) is 0. The van der Waals surface area contributed by atoms with Crippen LogP contribution in [-0.2, 0) is 0 Å². The smallest absolute Gasteiger partial charge is 0.137 e. The number of aliphatic hydroxyl groups is 1. The van der Waals surface area contributed by atoms with Crippen LogP contribution in [0.25, 0.3) is 0 Å². The highest BCUT2D eigenvalue weighted by Crippen LogP contribution is 2.28. The summed E-state index contributed by atoms with van der Waals surface area (Å²) in [5, 5.41) is 9.80. The zero-order valence-corrected chi connectivity index (χ0v) is 8.27. The summed E-state index contributed by atoms with van der Waals surface area (Å²) in [4.78, 5) is 0. The van der Waals surface area contributed by atoms with Crippen molar-refractivity contribution in [2.75, 3.05) is 0 Å². The normalized spacial score (nSPS) is 25.6. The number of rotatable bonds is 0. The van der Waals surface area contributed by atoms with Gasteiger partial charge < -0.3 is 5.11 Å². The third-order valence-corrected chi connectivity index (χ3v) is 2.67. The first kappa shape index (κ1) is 9.38. The van der Waals surface area contributed by atoms with Crippen LogP contribution in [-0.4, -0.2) is 11.2 Å². The van der Waals surface area contributed by atoms with Gasteiger partial charge in [-0.2, -0.15) is 0 Å². The number of allylic oxidation sites excluding steroid dienone is 1. The van der Waals surface area contributed by atoms with Crippen LogP contribution in [0.4, 0.5) is 0 Å². The van der Waals surface area contributed by atoms with Gasteiger partial charge in [-0.25, -0.2) is 0 Å². The predicted molar refractivity (Wildman–Crippen MR) is 56.3 cm³/mol. The average Bonchev–Trinajstić information content (AvgIpc) is 2.64. The van der Waals surface area contributed by atoms with Crippen LogP contribution in [0.3, 0.4) is 0 Å². The van der Waals surface area contributed by atoms with E-state index in [-0.39, 0.29) is 0 Å². The van der Waals surface area contributed by atoms with Crippen molar-refractivity contribution in [2.24, 2.45) is 0 Å². The summed E-state index contributed by atoms with van der Waals surface area (Å²) in [6, 6.07) is 0. The second-order valence-corrected chi connectivity index (χ2v) is 3.74. The van der Waals surface area contributed by atoms with Gasteiger partial charge in [0, 0.05) is 18.4 Å². The summed E-state index contributed by atoms with van der Waals surface area (Å²) in [6.07, 6.45) is 5.38. The maximum absolute atomic E-state index is 9.80. The Morgan fingerprint density at radius 1 is 1.07 bits per heavy atom. The van der Waals surface area contributed by atoms with E-state index in [1.165, 1.54) is 0 Å². The summed E-state index contributed by atoms with van der Waals surface area (Å²) in [5.41, 5.74) is 2.22. The molecule has 1 heteroatoms. The number of hydrogen-bond donors (Lipinski definition) is 1. The molecule has 0 spiro atoms. The van der Waals surface area contributed by atoms with Gasteiger partial charge in [0.25, 0.3) is 0 Å². The highest BCUT2D eigenvalue weighted by molar-refractivity contribution is 5.41. The maximum Gasteiger partial charge on any atom is 0.137 e. The Morgan fingerprint density at radius 2 is 1.93 bits per heavy atom. The first-order valence-corrected chi connectivity index (χ1v) is 5.25. The molecule has 0 aromatic carbocycles. The average molecular weight is 186 g/mol. The maximum atomic E-state index is 9.80. The first-order valence-electron chi connectivity index (χ1n) is 5.25. The van der Waals surface area contributed by atoms with Gasteiger partial charge in [0.2, 0.25) is 0 Å². The molecule has 0 saturated heterocycles. The van der Waals surface area contributed by atoms with E-state index in [1.54, 1.807) is 0 Å². The van der Waals surface area contributed by atoms with Gasteiger partial charge in [0.05, 0.1) is 0 Å². The van der Waals surface area contributed by atoms with Crippen molar-refractivity contribution in [3.8, 4) is 23.7 Å². The Labute approximate surface area is 85.2 Å². The summed E-state index contributed by atoms with van der Waals surface area (Å²) >= 11 is 0. The quantitative estimate of drug-likeness (QED) is 0.574. The molecule has 1 nitrogen and oxygen atoms in total. The lowest BCUT2D eigenvalue weighted by Gasteiger charge is -2.05. The molecule has 0 aromatic rings. The Bertz CT molecular complexity index is 368. The van der Waals surface area contributed by atoms with Crippen LogP contribution in [0.1, 0.15) is 38.5 Å². The minimum Gasteiger partial charge on any atom is -0.376 e. The van der Waals surface area contributed by atoms with Crippen LogP contribution in [0.15, 0.2) is 11.1 Å². The lowest BCUT2D eigenvalue weighted by molar-refractivity contribution is 0.264. The largest absolute Gasteiger partial charge is 0.376 e. The molecule has 1 atom stereocenters. The topological polar surface area (TPSA) is 20.2 Å². The van der Waals surface area contributed by atoms with Crippen molar-refractivity contribution in [2.45, 2.75) is 44.6 Å². The van der Waals surface area contributed by atoms with E-state index >= 15 is 0 Å². The van der Waals surface area contributed by atoms with E-state index in [1.807, 2.05) is 0 Å². The van der Waals surface area contributed by atoms with E-state index in [2.05, 4.69) is 23.7 Å². The molecular weight excluding hydrogens is 172 g/mol. The Kier molecular flexibility index (Phi) is 2.92. The molecule has 2 rings (SSSR count). The molecule has 0 heterocycles. The van der Waals surface area contributed by atoms with E-state index < -0.39 is 6.10 Å². The zero-order valence-electron chi connectivity index (χ0n) is 8.27. The minimum absolute atomic E-state index is 0.556. The summed E-state index contributed by atoms with van der Waals surface area (Å²) < 4.78 is 0. The fraction of sp³-hybridized carbons (Fsp3) is 0.538. The van der Waals surface area contributed by atoms with E-state index in [9.17, 15) is 5.11 Å². The Balaban J connectivity index is 2.30. The molecule has 2 aliphatic carbocycles. The predicted octanol–water partition coefficient (Wildman–Crippen LogP) is 2.02. The molecule has 0 amide bonds. The highest BCUT2D eigenvalue weighted by atomic mass is 16.3. The lowest BCUT2D eigenvalue weighted by Crippen LogP contribution is -2.07. The molecule has 2 aliphatic rings. The molecular formula is C13H14O. The molecule has 0 bridgehead atoms. The molecule has 1 unspecified atom stereocenters. The van der Waals surface area contributed by atoms with Gasteiger partial charge in [-0.15, -0.1) is 5.92 Å². The standard InChI is InChI=1S/C13H14O/c14-13-10-5-3-1-2-4-7-11-8-6-9-12(11)13/h13-14H,1-3,6,8-9H2. The van der Waals surface area contributed by atoms with Crippen molar-refractivity contribution in [3.63, 3.8) is 0 Å². The van der Waals surface area contributed by atoms with Gasteiger partial charge in [0.15, 0.2) is 0 Å². The lowest BCUT2D eigenvalue weighted by atomic mass is 10.0. The SMILES string of the molecule is OC1C#CCCCC#CC2=C1CCC2. The van der Waals surface area contributed by atoms with E-state index in [0.717, 1.165) is 49.7 Å². The molecule has 0 aliphatic heterocycles. The zero-order chi connectivity index (χ0) is 9.80. The van der Waals surface area contributed by atoms with Crippen LogP contribution >= 0.6 is 0 Å². The van der Waals surface area contributed by atoms with Crippen LogP contribution in [0.5, 0.6) is 0 Å². The van der Waals surface area contributed by atoms with Crippen molar-refractivity contribution >= 4 is 0 Å². The molecule has 0 fully saturated rings. The van der Waals surface area contributed by atoms with Crippen LogP contribution < -0.4 is 0 Å². The molecule has 0 aromatic heterocycles. The Morgan fingerprint density at radius 3 is 2.86 bits per heavy atom. The second-order valence-electron chi connectivity index (χ2n) is 3.74. The first-order chi connectivity index (χ1) is 6.88. The molecule has 72 valence electrons. The van der Waals surface area contributed by atoms with Gasteiger partial charge in [0.1, 0.15) is 6.10 Å². The van der Waals surface area contributed by atoms with Gasteiger partial charge in [-0.05, 0) is 31.3 Å². The van der Waals surface area contributed by atoms with Crippen molar-refractivity contribution < 1.29 is 5.11 Å². The third kappa shape index (κ3) is 2.00. The fourth-order valence-corrected chi connectivity index (χ4v) is 1.90. The van der Waals surface area contributed by atoms with E-state index in [4.69, 9.17) is 0 Å². The molecule has 14 heavy (non-hydrogen) atoms. The van der Waals surface area contributed by atoms with Crippen molar-refractivity contribution in [1.82, 2.24) is 0 Å². The van der Waals surface area contributed by atoms with Crippen LogP contribution in [0.2, 0.25) is 0 Å². The number of hydrogen-bond acceptors (Lipinski definition) is 1. The highest BCUT2D eigenvalue weighted by Gasteiger charge is 2.18. The molecule has 0 saturated carbocycles. The van der Waals surface area contributed by atoms with Gasteiger partial charge >= 0.3 is 0 Å². The van der Waals surface area contributed by atoms with Crippen molar-refractivity contribution in [1.29, 1.82) is 0 Å².